The second kappa shape index (κ2) is 8.95. The van der Waals surface area contributed by atoms with Crippen LogP contribution in [0, 0.1) is 5.82 Å². The number of fused-ring (bicyclic) bond motifs is 1. The van der Waals surface area contributed by atoms with E-state index in [1.165, 1.54) is 22.4 Å². The van der Waals surface area contributed by atoms with E-state index < -0.39 is 43.1 Å². The van der Waals surface area contributed by atoms with Gasteiger partial charge in [-0.1, -0.05) is 23.4 Å². The van der Waals surface area contributed by atoms with E-state index in [-0.39, 0.29) is 5.02 Å². The van der Waals surface area contributed by atoms with Crippen molar-refractivity contribution in [1.29, 1.82) is 0 Å². The molecule has 7 nitrogen and oxygen atoms in total. The molecular formula is C21H21ClFNO6S. The quantitative estimate of drug-likeness (QED) is 0.455. The van der Waals surface area contributed by atoms with Crippen molar-refractivity contribution in [3.63, 3.8) is 0 Å². The van der Waals surface area contributed by atoms with E-state index in [1.54, 1.807) is 25.4 Å². The largest absolute Gasteiger partial charge is 0.497 e. The van der Waals surface area contributed by atoms with E-state index in [0.29, 0.717) is 21.5 Å². The van der Waals surface area contributed by atoms with Crippen LogP contribution in [0.25, 0.3) is 10.9 Å². The molecule has 0 bridgehead atoms. The van der Waals surface area contributed by atoms with E-state index in [1.807, 2.05) is 12.1 Å². The van der Waals surface area contributed by atoms with Gasteiger partial charge in [0.1, 0.15) is 36.0 Å². The molecule has 1 fully saturated rings. The van der Waals surface area contributed by atoms with Crippen LogP contribution in [0.3, 0.4) is 0 Å². The Bertz CT molecular complexity index is 1080. The molecular weight excluding hydrogens is 449 g/mol. The van der Waals surface area contributed by atoms with Crippen LogP contribution in [-0.4, -0.2) is 63.1 Å². The highest BCUT2D eigenvalue weighted by molar-refractivity contribution is 7.99. The number of aliphatic hydroxyl groups is 4. The topological polar surface area (TPSA) is 104 Å². The molecule has 3 aromatic rings. The van der Waals surface area contributed by atoms with Crippen molar-refractivity contribution >= 4 is 34.3 Å². The lowest BCUT2D eigenvalue weighted by atomic mass is 9.98. The van der Waals surface area contributed by atoms with Gasteiger partial charge in [-0.05, 0) is 36.4 Å². The summed E-state index contributed by atoms with van der Waals surface area (Å²) in [5.41, 5.74) is 0.392. The molecule has 1 aliphatic rings. The van der Waals surface area contributed by atoms with Crippen molar-refractivity contribution < 1.29 is 34.3 Å². The van der Waals surface area contributed by atoms with Crippen molar-refractivity contribution in [2.45, 2.75) is 40.4 Å². The molecule has 5 atom stereocenters. The van der Waals surface area contributed by atoms with Crippen LogP contribution in [-0.2, 0) is 4.74 Å². The molecule has 166 valence electrons. The molecule has 31 heavy (non-hydrogen) atoms. The van der Waals surface area contributed by atoms with Gasteiger partial charge >= 0.3 is 0 Å². The van der Waals surface area contributed by atoms with Gasteiger partial charge in [0.25, 0.3) is 0 Å². The van der Waals surface area contributed by atoms with Gasteiger partial charge in [-0.15, -0.1) is 0 Å². The number of aromatic nitrogens is 1. The number of ether oxygens (including phenoxy) is 2. The Morgan fingerprint density at radius 1 is 1.13 bits per heavy atom. The summed E-state index contributed by atoms with van der Waals surface area (Å²) in [6.45, 7) is -0.559. The minimum atomic E-state index is -1.55. The Labute approximate surface area is 186 Å². The lowest BCUT2D eigenvalue weighted by molar-refractivity contribution is -0.250. The zero-order valence-corrected chi connectivity index (χ0v) is 17.9. The number of methoxy groups -OCH3 is 1. The molecule has 4 N–H and O–H groups in total. The summed E-state index contributed by atoms with van der Waals surface area (Å²) in [6, 6.07) is 9.77. The van der Waals surface area contributed by atoms with E-state index in [2.05, 4.69) is 0 Å². The number of benzene rings is 2. The Morgan fingerprint density at radius 3 is 2.48 bits per heavy atom. The molecule has 1 saturated heterocycles. The van der Waals surface area contributed by atoms with Gasteiger partial charge in [0.05, 0.1) is 24.3 Å². The molecule has 0 radical (unpaired) electrons. The van der Waals surface area contributed by atoms with Crippen molar-refractivity contribution in [3.8, 4) is 5.75 Å². The molecule has 2 aromatic carbocycles. The molecule has 0 saturated carbocycles. The summed E-state index contributed by atoms with van der Waals surface area (Å²) in [5.74, 6) is 0.169. The molecule has 0 amide bonds. The van der Waals surface area contributed by atoms with Crippen LogP contribution < -0.4 is 4.74 Å². The molecule has 0 unspecified atom stereocenters. The maximum Gasteiger partial charge on any atom is 0.163 e. The summed E-state index contributed by atoms with van der Waals surface area (Å²) in [5, 5.41) is 40.9. The third-order valence-corrected chi connectivity index (χ3v) is 6.58. The van der Waals surface area contributed by atoms with Crippen LogP contribution in [0.5, 0.6) is 5.75 Å². The predicted octanol–water partition coefficient (Wildman–Crippen LogP) is 2.57. The Kier molecular flexibility index (Phi) is 6.45. The number of halogens is 2. The normalized spacial score (nSPS) is 26.4. The highest BCUT2D eigenvalue weighted by atomic mass is 35.5. The van der Waals surface area contributed by atoms with E-state index >= 15 is 0 Å². The third kappa shape index (κ3) is 4.14. The monoisotopic (exact) mass is 469 g/mol. The molecule has 1 aromatic heterocycles. The summed E-state index contributed by atoms with van der Waals surface area (Å²) in [7, 11) is 1.57. The summed E-state index contributed by atoms with van der Waals surface area (Å²) >= 11 is 7.69. The van der Waals surface area contributed by atoms with E-state index in [0.717, 1.165) is 11.0 Å². The fraction of sp³-hybridized carbons (Fsp3) is 0.333. The van der Waals surface area contributed by atoms with Gasteiger partial charge in [-0.2, -0.15) is 0 Å². The summed E-state index contributed by atoms with van der Waals surface area (Å²) in [6.07, 6.45) is -5.15. The standard InChI is InChI=1S/C21H21ClFNO6S/c1-29-11-2-4-12(5-3-11)31-16-8-24(17-13(16)6-10(23)7-14(17)22)21-20(28)19(27)18(26)15(9-25)30-21/h2-8,15,18-21,25-28H,9H2,1H3/t15-,18-,19+,20-,21-/m1/s1. The Hall–Kier alpha value is -1.85. The second-order valence-corrected chi connectivity index (χ2v) is 8.70. The fourth-order valence-corrected chi connectivity index (χ4v) is 4.90. The van der Waals surface area contributed by atoms with Crippen LogP contribution in [0.2, 0.25) is 5.02 Å². The SMILES string of the molecule is COc1ccc(Sc2cn([C@@H]3O[C@H](CO)[C@@H](O)[C@H](O)[C@H]3O)c3c(Cl)cc(F)cc23)cc1. The van der Waals surface area contributed by atoms with Crippen LogP contribution in [0.4, 0.5) is 4.39 Å². The average Bonchev–Trinajstić information content (AvgIpc) is 3.11. The first-order valence-corrected chi connectivity index (χ1v) is 10.7. The number of hydrogen-bond acceptors (Lipinski definition) is 7. The minimum Gasteiger partial charge on any atom is -0.497 e. The van der Waals surface area contributed by atoms with Crippen LogP contribution in [0.15, 0.2) is 52.4 Å². The first kappa shape index (κ1) is 22.3. The van der Waals surface area contributed by atoms with Gasteiger partial charge in [0, 0.05) is 21.4 Å². The van der Waals surface area contributed by atoms with Crippen molar-refractivity contribution in [1.82, 2.24) is 4.57 Å². The lowest BCUT2D eigenvalue weighted by Crippen LogP contribution is -2.56. The number of rotatable bonds is 5. The van der Waals surface area contributed by atoms with Gasteiger partial charge in [-0.25, -0.2) is 4.39 Å². The zero-order valence-electron chi connectivity index (χ0n) is 16.4. The highest BCUT2D eigenvalue weighted by Gasteiger charge is 2.44. The van der Waals surface area contributed by atoms with Crippen molar-refractivity contribution in [2.24, 2.45) is 0 Å². The predicted molar refractivity (Wildman–Crippen MR) is 113 cm³/mol. The lowest BCUT2D eigenvalue weighted by Gasteiger charge is -2.40. The third-order valence-electron chi connectivity index (χ3n) is 5.24. The smallest absolute Gasteiger partial charge is 0.163 e. The van der Waals surface area contributed by atoms with Crippen LogP contribution >= 0.6 is 23.4 Å². The maximum absolute atomic E-state index is 14.2. The average molecular weight is 470 g/mol. The minimum absolute atomic E-state index is 0.0912. The number of hydrogen-bond donors (Lipinski definition) is 4. The van der Waals surface area contributed by atoms with Gasteiger partial charge in [0.15, 0.2) is 6.23 Å². The highest BCUT2D eigenvalue weighted by Crippen LogP contribution is 2.42. The van der Waals surface area contributed by atoms with Crippen LogP contribution in [0.1, 0.15) is 6.23 Å². The molecule has 1 aliphatic heterocycles. The van der Waals surface area contributed by atoms with E-state index in [4.69, 9.17) is 21.1 Å². The number of aliphatic hydroxyl groups excluding tert-OH is 4. The second-order valence-electron chi connectivity index (χ2n) is 7.18. The molecule has 0 spiro atoms. The summed E-state index contributed by atoms with van der Waals surface area (Å²) in [4.78, 5) is 1.49. The van der Waals surface area contributed by atoms with Gasteiger partial charge < -0.3 is 34.5 Å². The maximum atomic E-state index is 14.2. The van der Waals surface area contributed by atoms with Crippen molar-refractivity contribution in [3.05, 3.63) is 53.4 Å². The molecule has 10 heteroatoms. The van der Waals surface area contributed by atoms with Gasteiger partial charge in [-0.3, -0.25) is 0 Å². The molecule has 4 rings (SSSR count). The van der Waals surface area contributed by atoms with Crippen molar-refractivity contribution in [2.75, 3.05) is 13.7 Å². The Balaban J connectivity index is 1.80. The van der Waals surface area contributed by atoms with Gasteiger partial charge in [0.2, 0.25) is 0 Å². The number of nitrogens with zero attached hydrogens (tertiary/aromatic N) is 1. The summed E-state index contributed by atoms with van der Waals surface area (Å²) < 4.78 is 26.5. The Morgan fingerprint density at radius 2 is 1.84 bits per heavy atom. The molecule has 2 heterocycles. The fourth-order valence-electron chi connectivity index (χ4n) is 3.64. The first-order valence-electron chi connectivity index (χ1n) is 9.46. The first-order chi connectivity index (χ1) is 14.8. The molecule has 0 aliphatic carbocycles. The zero-order chi connectivity index (χ0) is 22.3. The van der Waals surface area contributed by atoms with E-state index in [9.17, 15) is 24.8 Å².